The largest absolute Gasteiger partial charge is 0.497 e. The second-order valence-corrected chi connectivity index (χ2v) is 5.32. The predicted molar refractivity (Wildman–Crippen MR) is 98.1 cm³/mol. The molecule has 0 aliphatic rings. The van der Waals surface area contributed by atoms with Crippen LogP contribution in [0.25, 0.3) is 23.4 Å². The van der Waals surface area contributed by atoms with E-state index < -0.39 is 0 Å². The summed E-state index contributed by atoms with van der Waals surface area (Å²) in [5.41, 5.74) is 4.23. The second kappa shape index (κ2) is 7.47. The van der Waals surface area contributed by atoms with Crippen LogP contribution in [0.2, 0.25) is 0 Å². The number of ether oxygens (including phenoxy) is 2. The summed E-state index contributed by atoms with van der Waals surface area (Å²) in [5.74, 6) is 1.55. The Morgan fingerprint density at radius 1 is 0.750 bits per heavy atom. The van der Waals surface area contributed by atoms with Crippen LogP contribution in [-0.4, -0.2) is 19.2 Å². The van der Waals surface area contributed by atoms with Crippen molar-refractivity contribution >= 4 is 12.2 Å². The molecular weight excluding hydrogens is 298 g/mol. The van der Waals surface area contributed by atoms with Gasteiger partial charge in [0.2, 0.25) is 0 Å². The first-order valence-electron chi connectivity index (χ1n) is 7.71. The first-order chi connectivity index (χ1) is 11.8. The minimum atomic E-state index is 0.777. The van der Waals surface area contributed by atoms with Gasteiger partial charge >= 0.3 is 0 Å². The van der Waals surface area contributed by atoms with Crippen molar-refractivity contribution in [1.82, 2.24) is 4.98 Å². The quantitative estimate of drug-likeness (QED) is 0.625. The van der Waals surface area contributed by atoms with Gasteiger partial charge in [-0.05, 0) is 35.4 Å². The number of rotatable bonds is 5. The molecule has 0 amide bonds. The van der Waals surface area contributed by atoms with Crippen molar-refractivity contribution in [1.29, 1.82) is 0 Å². The van der Waals surface area contributed by atoms with Crippen LogP contribution in [0.3, 0.4) is 0 Å². The lowest BCUT2D eigenvalue weighted by Gasteiger charge is -2.06. The van der Waals surface area contributed by atoms with E-state index in [1.54, 1.807) is 20.4 Å². The molecule has 2 aromatic carbocycles. The van der Waals surface area contributed by atoms with Gasteiger partial charge in [-0.25, -0.2) is 0 Å². The van der Waals surface area contributed by atoms with Crippen molar-refractivity contribution < 1.29 is 9.47 Å². The molecule has 3 aromatic rings. The molecule has 120 valence electrons. The molecule has 0 N–H and O–H groups in total. The van der Waals surface area contributed by atoms with E-state index in [1.807, 2.05) is 42.5 Å². The highest BCUT2D eigenvalue weighted by atomic mass is 16.5. The van der Waals surface area contributed by atoms with E-state index in [1.165, 1.54) is 0 Å². The van der Waals surface area contributed by atoms with Crippen LogP contribution in [0, 0.1) is 0 Å². The van der Waals surface area contributed by atoms with Gasteiger partial charge < -0.3 is 9.47 Å². The van der Waals surface area contributed by atoms with E-state index in [0.29, 0.717) is 0 Å². The van der Waals surface area contributed by atoms with Crippen molar-refractivity contribution in [2.24, 2.45) is 0 Å². The van der Waals surface area contributed by atoms with Gasteiger partial charge in [0.15, 0.2) is 0 Å². The number of nitrogens with zero attached hydrogens (tertiary/aromatic N) is 1. The van der Waals surface area contributed by atoms with Crippen LogP contribution < -0.4 is 9.47 Å². The molecule has 0 saturated heterocycles. The number of hydrogen-bond donors (Lipinski definition) is 0. The third-order valence-corrected chi connectivity index (χ3v) is 3.71. The van der Waals surface area contributed by atoms with Crippen LogP contribution in [0.5, 0.6) is 11.5 Å². The summed E-state index contributed by atoms with van der Waals surface area (Å²) in [6.45, 7) is 0. The van der Waals surface area contributed by atoms with Gasteiger partial charge in [-0.2, -0.15) is 0 Å². The Labute approximate surface area is 142 Å². The molecule has 0 aliphatic heterocycles. The Hall–Kier alpha value is -3.07. The Bertz CT molecular complexity index is 802. The first kappa shape index (κ1) is 15.8. The highest BCUT2D eigenvalue weighted by Gasteiger charge is 2.00. The SMILES string of the molecule is COc1cc(C=Cc2ccc(-c3ccccn3)cc2)cc(OC)c1. The molecule has 0 atom stereocenters. The van der Waals surface area contributed by atoms with Gasteiger partial charge in [0.05, 0.1) is 19.9 Å². The van der Waals surface area contributed by atoms with Gasteiger partial charge in [-0.1, -0.05) is 42.5 Å². The lowest BCUT2D eigenvalue weighted by atomic mass is 10.1. The zero-order valence-corrected chi connectivity index (χ0v) is 13.8. The van der Waals surface area contributed by atoms with E-state index in [-0.39, 0.29) is 0 Å². The van der Waals surface area contributed by atoms with Crippen LogP contribution in [-0.2, 0) is 0 Å². The molecule has 0 aliphatic carbocycles. The molecule has 3 rings (SSSR count). The Morgan fingerprint density at radius 3 is 2.00 bits per heavy atom. The fourth-order valence-corrected chi connectivity index (χ4v) is 2.42. The van der Waals surface area contributed by atoms with Crippen molar-refractivity contribution in [3.63, 3.8) is 0 Å². The third-order valence-electron chi connectivity index (χ3n) is 3.71. The van der Waals surface area contributed by atoms with Crippen LogP contribution in [0.15, 0.2) is 66.9 Å². The molecular formula is C21H19NO2. The van der Waals surface area contributed by atoms with E-state index in [9.17, 15) is 0 Å². The smallest absolute Gasteiger partial charge is 0.123 e. The highest BCUT2D eigenvalue weighted by Crippen LogP contribution is 2.24. The maximum Gasteiger partial charge on any atom is 0.123 e. The minimum Gasteiger partial charge on any atom is -0.497 e. The highest BCUT2D eigenvalue weighted by molar-refractivity contribution is 5.72. The van der Waals surface area contributed by atoms with Crippen molar-refractivity contribution in [3.8, 4) is 22.8 Å². The van der Waals surface area contributed by atoms with Crippen LogP contribution >= 0.6 is 0 Å². The summed E-state index contributed by atoms with van der Waals surface area (Å²) in [6.07, 6.45) is 5.91. The van der Waals surface area contributed by atoms with Gasteiger partial charge in [-0.15, -0.1) is 0 Å². The topological polar surface area (TPSA) is 31.4 Å². The molecule has 0 unspecified atom stereocenters. The minimum absolute atomic E-state index is 0.777. The summed E-state index contributed by atoms with van der Waals surface area (Å²) < 4.78 is 10.6. The Kier molecular flexibility index (Phi) is 4.92. The number of aromatic nitrogens is 1. The van der Waals surface area contributed by atoms with Crippen molar-refractivity contribution in [3.05, 3.63) is 78.0 Å². The van der Waals surface area contributed by atoms with Gasteiger partial charge in [0.1, 0.15) is 11.5 Å². The molecule has 0 spiro atoms. The maximum absolute atomic E-state index is 5.29. The molecule has 0 bridgehead atoms. The normalized spacial score (nSPS) is 10.8. The number of pyridine rings is 1. The number of benzene rings is 2. The monoisotopic (exact) mass is 317 g/mol. The fraction of sp³-hybridized carbons (Fsp3) is 0.0952. The zero-order chi connectivity index (χ0) is 16.8. The third kappa shape index (κ3) is 3.82. The van der Waals surface area contributed by atoms with Gasteiger partial charge in [0, 0.05) is 17.8 Å². The van der Waals surface area contributed by atoms with E-state index in [4.69, 9.17) is 9.47 Å². The van der Waals surface area contributed by atoms with Crippen LogP contribution in [0.4, 0.5) is 0 Å². The molecule has 0 fully saturated rings. The average Bonchev–Trinajstić information content (AvgIpc) is 2.67. The van der Waals surface area contributed by atoms with Crippen molar-refractivity contribution in [2.75, 3.05) is 14.2 Å². The molecule has 3 heteroatoms. The number of methoxy groups -OCH3 is 2. The number of hydrogen-bond acceptors (Lipinski definition) is 3. The van der Waals surface area contributed by atoms with Gasteiger partial charge in [-0.3, -0.25) is 4.98 Å². The fourth-order valence-electron chi connectivity index (χ4n) is 2.42. The molecule has 1 heterocycles. The van der Waals surface area contributed by atoms with E-state index >= 15 is 0 Å². The van der Waals surface area contributed by atoms with Crippen molar-refractivity contribution in [2.45, 2.75) is 0 Å². The molecule has 0 radical (unpaired) electrons. The standard InChI is InChI=1S/C21H19NO2/c1-23-19-13-17(14-20(15-19)24-2)7-6-16-8-10-18(11-9-16)21-5-3-4-12-22-21/h3-15H,1-2H3. The van der Waals surface area contributed by atoms with Gasteiger partial charge in [0.25, 0.3) is 0 Å². The van der Waals surface area contributed by atoms with Crippen LogP contribution in [0.1, 0.15) is 11.1 Å². The Morgan fingerprint density at radius 2 is 1.42 bits per heavy atom. The van der Waals surface area contributed by atoms with E-state index in [0.717, 1.165) is 33.9 Å². The lowest BCUT2D eigenvalue weighted by molar-refractivity contribution is 0.394. The summed E-state index contributed by atoms with van der Waals surface area (Å²) in [6, 6.07) is 20.0. The lowest BCUT2D eigenvalue weighted by Crippen LogP contribution is -1.88. The summed E-state index contributed by atoms with van der Waals surface area (Å²) >= 11 is 0. The maximum atomic E-state index is 5.29. The summed E-state index contributed by atoms with van der Waals surface area (Å²) in [5, 5.41) is 0. The van der Waals surface area contributed by atoms with E-state index in [2.05, 4.69) is 35.3 Å². The molecule has 3 nitrogen and oxygen atoms in total. The first-order valence-corrected chi connectivity index (χ1v) is 7.71. The molecule has 24 heavy (non-hydrogen) atoms. The molecule has 0 saturated carbocycles. The predicted octanol–water partition coefficient (Wildman–Crippen LogP) is 4.94. The zero-order valence-electron chi connectivity index (χ0n) is 13.8. The summed E-state index contributed by atoms with van der Waals surface area (Å²) in [4.78, 5) is 4.36. The average molecular weight is 317 g/mol. The molecule has 1 aromatic heterocycles. The Balaban J connectivity index is 1.80. The summed E-state index contributed by atoms with van der Waals surface area (Å²) in [7, 11) is 3.30. The second-order valence-electron chi connectivity index (χ2n) is 5.32.